The smallest absolute Gasteiger partial charge is 0.245 e. The van der Waals surface area contributed by atoms with Crippen molar-refractivity contribution < 1.29 is 38.9 Å². The van der Waals surface area contributed by atoms with E-state index < -0.39 is 33.5 Å². The SMILES string of the molecule is O=S(=O)(OC(c1ccccc1)C(F)(F)F)C(F)(F)F. The minimum Gasteiger partial charge on any atom is -0.245 e. The normalized spacial score (nSPS) is 15.3. The van der Waals surface area contributed by atoms with E-state index in [1.54, 1.807) is 0 Å². The lowest BCUT2D eigenvalue weighted by atomic mass is 10.1. The monoisotopic (exact) mass is 308 g/mol. The molecule has 1 aromatic carbocycles. The molecule has 0 aliphatic rings. The van der Waals surface area contributed by atoms with E-state index in [-0.39, 0.29) is 0 Å². The summed E-state index contributed by atoms with van der Waals surface area (Å²) in [7, 11) is -6.35. The van der Waals surface area contributed by atoms with Crippen LogP contribution >= 0.6 is 0 Å². The van der Waals surface area contributed by atoms with Crippen LogP contribution in [-0.2, 0) is 14.3 Å². The van der Waals surface area contributed by atoms with Crippen molar-refractivity contribution in [1.29, 1.82) is 0 Å². The second-order valence-corrected chi connectivity index (χ2v) is 4.89. The summed E-state index contributed by atoms with van der Waals surface area (Å²) in [6, 6.07) is 5.15. The third-order valence-corrected chi connectivity index (χ3v) is 2.92. The van der Waals surface area contributed by atoms with Gasteiger partial charge in [-0.05, 0) is 5.56 Å². The van der Waals surface area contributed by atoms with Crippen LogP contribution in [0, 0.1) is 0 Å². The maximum Gasteiger partial charge on any atom is 0.523 e. The summed E-state index contributed by atoms with van der Waals surface area (Å²) in [5.74, 6) is 0. The molecule has 0 saturated heterocycles. The van der Waals surface area contributed by atoms with E-state index in [1.165, 1.54) is 6.07 Å². The molecule has 3 nitrogen and oxygen atoms in total. The minimum absolute atomic E-state index is 0.747. The summed E-state index contributed by atoms with van der Waals surface area (Å²) in [5.41, 5.74) is -6.67. The molecule has 1 unspecified atom stereocenters. The summed E-state index contributed by atoms with van der Waals surface area (Å²) in [6.07, 6.45) is -8.51. The van der Waals surface area contributed by atoms with Crippen molar-refractivity contribution in [2.24, 2.45) is 0 Å². The zero-order valence-corrected chi connectivity index (χ0v) is 9.68. The first kappa shape index (κ1) is 15.8. The molecule has 1 rings (SSSR count). The van der Waals surface area contributed by atoms with E-state index in [0.717, 1.165) is 24.3 Å². The Morgan fingerprint density at radius 1 is 0.947 bits per heavy atom. The molecule has 0 radical (unpaired) electrons. The number of hydrogen-bond donors (Lipinski definition) is 0. The predicted molar refractivity (Wildman–Crippen MR) is 51.3 cm³/mol. The average molecular weight is 308 g/mol. The minimum atomic E-state index is -6.35. The summed E-state index contributed by atoms with van der Waals surface area (Å²) in [5, 5.41) is 0. The van der Waals surface area contributed by atoms with E-state index in [9.17, 15) is 34.8 Å². The molecule has 0 aliphatic carbocycles. The molecule has 0 N–H and O–H groups in total. The van der Waals surface area contributed by atoms with Gasteiger partial charge in [0, 0.05) is 0 Å². The van der Waals surface area contributed by atoms with E-state index in [0.29, 0.717) is 0 Å². The van der Waals surface area contributed by atoms with Gasteiger partial charge in [0.25, 0.3) is 0 Å². The predicted octanol–water partition coefficient (Wildman–Crippen LogP) is 3.16. The van der Waals surface area contributed by atoms with Gasteiger partial charge < -0.3 is 0 Å². The van der Waals surface area contributed by atoms with Crippen LogP contribution < -0.4 is 0 Å². The van der Waals surface area contributed by atoms with Crippen LogP contribution in [0.4, 0.5) is 26.3 Å². The molecule has 0 aliphatic heterocycles. The highest BCUT2D eigenvalue weighted by molar-refractivity contribution is 7.87. The van der Waals surface area contributed by atoms with Gasteiger partial charge in [-0.3, -0.25) is 0 Å². The Balaban J connectivity index is 3.17. The van der Waals surface area contributed by atoms with Crippen molar-refractivity contribution in [3.63, 3.8) is 0 Å². The fraction of sp³-hybridized carbons (Fsp3) is 0.333. The molecule has 10 heteroatoms. The van der Waals surface area contributed by atoms with Crippen molar-refractivity contribution >= 4 is 10.1 Å². The highest BCUT2D eigenvalue weighted by Gasteiger charge is 2.53. The molecule has 1 atom stereocenters. The molecule has 108 valence electrons. The highest BCUT2D eigenvalue weighted by Crippen LogP contribution is 2.39. The molecule has 0 aromatic heterocycles. The Labute approximate surface area is 103 Å². The van der Waals surface area contributed by atoms with Crippen molar-refractivity contribution in [2.75, 3.05) is 0 Å². The lowest BCUT2D eigenvalue weighted by molar-refractivity contribution is -0.200. The summed E-state index contributed by atoms with van der Waals surface area (Å²) in [6.45, 7) is 0. The van der Waals surface area contributed by atoms with Gasteiger partial charge in [-0.2, -0.15) is 34.8 Å². The van der Waals surface area contributed by atoms with Crippen molar-refractivity contribution in [3.8, 4) is 0 Å². The second-order valence-electron chi connectivity index (χ2n) is 3.33. The first-order chi connectivity index (χ1) is 8.45. The Kier molecular flexibility index (Phi) is 4.15. The molecule has 0 amide bonds. The van der Waals surface area contributed by atoms with Crippen molar-refractivity contribution in [1.82, 2.24) is 0 Å². The third kappa shape index (κ3) is 3.83. The molecule has 0 spiro atoms. The Morgan fingerprint density at radius 3 is 1.79 bits per heavy atom. The Morgan fingerprint density at radius 2 is 1.42 bits per heavy atom. The van der Waals surface area contributed by atoms with Gasteiger partial charge in [0.2, 0.25) is 0 Å². The van der Waals surface area contributed by atoms with Gasteiger partial charge >= 0.3 is 21.8 Å². The maximum absolute atomic E-state index is 12.6. The fourth-order valence-electron chi connectivity index (χ4n) is 1.11. The topological polar surface area (TPSA) is 43.4 Å². The largest absolute Gasteiger partial charge is 0.523 e. The molecule has 0 fully saturated rings. The lowest BCUT2D eigenvalue weighted by Crippen LogP contribution is -2.32. The molecule has 0 saturated carbocycles. The van der Waals surface area contributed by atoms with Crippen LogP contribution in [0.25, 0.3) is 0 Å². The van der Waals surface area contributed by atoms with E-state index in [1.807, 2.05) is 0 Å². The second kappa shape index (κ2) is 5.00. The van der Waals surface area contributed by atoms with Crippen LogP contribution in [0.3, 0.4) is 0 Å². The van der Waals surface area contributed by atoms with Gasteiger partial charge in [0.05, 0.1) is 0 Å². The number of benzene rings is 1. The van der Waals surface area contributed by atoms with Crippen molar-refractivity contribution in [2.45, 2.75) is 17.8 Å². The maximum atomic E-state index is 12.6. The number of alkyl halides is 6. The van der Waals surface area contributed by atoms with E-state index >= 15 is 0 Å². The first-order valence-electron chi connectivity index (χ1n) is 4.56. The van der Waals surface area contributed by atoms with Gasteiger partial charge in [0.1, 0.15) is 0 Å². The molecule has 0 heterocycles. The van der Waals surface area contributed by atoms with E-state index in [2.05, 4.69) is 4.18 Å². The van der Waals surface area contributed by atoms with Crippen LogP contribution in [0.15, 0.2) is 30.3 Å². The standard InChI is InChI=1S/C9H6F6O3S/c10-8(11,12)7(6-4-2-1-3-5-6)18-19(16,17)9(13,14)15/h1-5,7H. The number of rotatable bonds is 3. The molecule has 1 aromatic rings. The number of halogens is 6. The van der Waals surface area contributed by atoms with Gasteiger partial charge in [-0.15, -0.1) is 0 Å². The Bertz CT molecular complexity index is 519. The molecule has 0 bridgehead atoms. The highest BCUT2D eigenvalue weighted by atomic mass is 32.2. The van der Waals surface area contributed by atoms with Crippen LogP contribution in [-0.4, -0.2) is 20.1 Å². The van der Waals surface area contributed by atoms with Gasteiger partial charge in [0.15, 0.2) is 6.10 Å². The van der Waals surface area contributed by atoms with Gasteiger partial charge in [-0.1, -0.05) is 30.3 Å². The summed E-state index contributed by atoms with van der Waals surface area (Å²) < 4.78 is 98.3. The van der Waals surface area contributed by atoms with Crippen LogP contribution in [0.1, 0.15) is 11.7 Å². The number of hydrogen-bond acceptors (Lipinski definition) is 3. The van der Waals surface area contributed by atoms with Crippen LogP contribution in [0.5, 0.6) is 0 Å². The first-order valence-corrected chi connectivity index (χ1v) is 5.97. The summed E-state index contributed by atoms with van der Waals surface area (Å²) >= 11 is 0. The van der Waals surface area contributed by atoms with Crippen LogP contribution in [0.2, 0.25) is 0 Å². The average Bonchev–Trinajstić information content (AvgIpc) is 2.24. The zero-order valence-electron chi connectivity index (χ0n) is 8.86. The lowest BCUT2D eigenvalue weighted by Gasteiger charge is -2.21. The van der Waals surface area contributed by atoms with E-state index in [4.69, 9.17) is 0 Å². The molecule has 19 heavy (non-hydrogen) atoms. The van der Waals surface area contributed by atoms with Gasteiger partial charge in [-0.25, -0.2) is 4.18 Å². The quantitative estimate of drug-likeness (QED) is 0.489. The Hall–Kier alpha value is -1.29. The summed E-state index contributed by atoms with van der Waals surface area (Å²) in [4.78, 5) is 0. The third-order valence-electron chi connectivity index (χ3n) is 1.91. The zero-order chi connectivity index (χ0) is 14.9. The molecular weight excluding hydrogens is 302 g/mol. The fourth-order valence-corrected chi connectivity index (χ4v) is 1.69. The van der Waals surface area contributed by atoms with Crippen molar-refractivity contribution in [3.05, 3.63) is 35.9 Å². The molecular formula is C9H6F6O3S.